The Morgan fingerprint density at radius 1 is 1.25 bits per heavy atom. The minimum Gasteiger partial charge on any atom is -0.306 e. The maximum Gasteiger partial charge on any atom is 0.255 e. The van der Waals surface area contributed by atoms with Gasteiger partial charge < -0.3 is 4.98 Å². The number of thiophene rings is 1. The van der Waals surface area contributed by atoms with Crippen LogP contribution in [0.25, 0.3) is 11.4 Å². The van der Waals surface area contributed by atoms with Gasteiger partial charge in [-0.2, -0.15) is 0 Å². The highest BCUT2D eigenvalue weighted by molar-refractivity contribution is 7.10. The standard InChI is InChI=1S/C19H19N3OS/c1-13-8-10-24-17(13)12-22-9-7-16-15(11-22)19(23)21-18(20-16)14-5-3-2-4-6-14/h2-6,8,10H,7,9,11-12H2,1H3,(H,20,21,23). The molecular weight excluding hydrogens is 318 g/mol. The van der Waals surface area contributed by atoms with E-state index in [-0.39, 0.29) is 5.56 Å². The van der Waals surface area contributed by atoms with Crippen molar-refractivity contribution < 1.29 is 0 Å². The predicted molar refractivity (Wildman–Crippen MR) is 97.2 cm³/mol. The minimum absolute atomic E-state index is 0.00791. The third-order valence-electron chi connectivity index (χ3n) is 4.53. The van der Waals surface area contributed by atoms with Gasteiger partial charge in [-0.3, -0.25) is 9.69 Å². The maximum absolute atomic E-state index is 12.6. The Kier molecular flexibility index (Phi) is 4.04. The summed E-state index contributed by atoms with van der Waals surface area (Å²) in [6.07, 6.45) is 0.823. The van der Waals surface area contributed by atoms with Gasteiger partial charge in [0.25, 0.3) is 5.56 Å². The molecule has 0 radical (unpaired) electrons. The fourth-order valence-corrected chi connectivity index (χ4v) is 4.07. The molecular formula is C19H19N3OS. The molecule has 5 heteroatoms. The lowest BCUT2D eigenvalue weighted by Crippen LogP contribution is -2.35. The van der Waals surface area contributed by atoms with Gasteiger partial charge in [0.2, 0.25) is 0 Å². The maximum atomic E-state index is 12.6. The SMILES string of the molecule is Cc1ccsc1CN1CCc2nc(-c3ccccc3)[nH]c(=O)c2C1. The van der Waals surface area contributed by atoms with Gasteiger partial charge >= 0.3 is 0 Å². The van der Waals surface area contributed by atoms with Crippen LogP contribution in [0.5, 0.6) is 0 Å². The number of fused-ring (bicyclic) bond motifs is 1. The van der Waals surface area contributed by atoms with Gasteiger partial charge in [0.1, 0.15) is 5.82 Å². The van der Waals surface area contributed by atoms with E-state index in [0.29, 0.717) is 12.4 Å². The summed E-state index contributed by atoms with van der Waals surface area (Å²) in [6, 6.07) is 12.0. The van der Waals surface area contributed by atoms with Crippen molar-refractivity contribution in [3.05, 3.63) is 73.8 Å². The van der Waals surface area contributed by atoms with Crippen LogP contribution < -0.4 is 5.56 Å². The second-order valence-corrected chi connectivity index (χ2v) is 7.19. The molecule has 2 aromatic heterocycles. The van der Waals surface area contributed by atoms with Crippen LogP contribution in [-0.2, 0) is 19.5 Å². The molecule has 0 atom stereocenters. The highest BCUT2D eigenvalue weighted by atomic mass is 32.1. The molecule has 3 heterocycles. The second-order valence-electron chi connectivity index (χ2n) is 6.19. The molecule has 0 saturated heterocycles. The van der Waals surface area contributed by atoms with Crippen LogP contribution in [0.2, 0.25) is 0 Å². The number of H-pyrrole nitrogens is 1. The van der Waals surface area contributed by atoms with Crippen LogP contribution in [0.15, 0.2) is 46.6 Å². The summed E-state index contributed by atoms with van der Waals surface area (Å²) in [5, 5.41) is 2.13. The summed E-state index contributed by atoms with van der Waals surface area (Å²) >= 11 is 1.79. The first-order chi connectivity index (χ1) is 11.7. The number of nitrogens with zero attached hydrogens (tertiary/aromatic N) is 2. The molecule has 1 N–H and O–H groups in total. The Morgan fingerprint density at radius 3 is 2.83 bits per heavy atom. The Labute approximate surface area is 144 Å². The highest BCUT2D eigenvalue weighted by Gasteiger charge is 2.22. The summed E-state index contributed by atoms with van der Waals surface area (Å²) in [6.45, 7) is 4.66. The number of hydrogen-bond acceptors (Lipinski definition) is 4. The lowest BCUT2D eigenvalue weighted by atomic mass is 10.1. The van der Waals surface area contributed by atoms with E-state index in [9.17, 15) is 4.79 Å². The van der Waals surface area contributed by atoms with Gasteiger partial charge in [0.05, 0.1) is 11.3 Å². The highest BCUT2D eigenvalue weighted by Crippen LogP contribution is 2.23. The monoisotopic (exact) mass is 337 g/mol. The first kappa shape index (κ1) is 15.3. The van der Waals surface area contributed by atoms with Gasteiger partial charge in [-0.05, 0) is 23.9 Å². The van der Waals surface area contributed by atoms with Crippen molar-refractivity contribution in [2.45, 2.75) is 26.4 Å². The van der Waals surface area contributed by atoms with E-state index in [0.717, 1.165) is 36.3 Å². The van der Waals surface area contributed by atoms with Crippen LogP contribution in [0, 0.1) is 6.92 Å². The molecule has 1 aromatic carbocycles. The van der Waals surface area contributed by atoms with Crippen LogP contribution in [-0.4, -0.2) is 21.4 Å². The lowest BCUT2D eigenvalue weighted by Gasteiger charge is -2.27. The second kappa shape index (κ2) is 6.34. The molecule has 4 nitrogen and oxygen atoms in total. The average Bonchev–Trinajstić information content (AvgIpc) is 3.01. The molecule has 0 aliphatic carbocycles. The zero-order chi connectivity index (χ0) is 16.5. The molecule has 0 bridgehead atoms. The van der Waals surface area contributed by atoms with Crippen molar-refractivity contribution in [1.82, 2.24) is 14.9 Å². The number of aromatic nitrogens is 2. The van der Waals surface area contributed by atoms with Crippen molar-refractivity contribution in [2.24, 2.45) is 0 Å². The fourth-order valence-electron chi connectivity index (χ4n) is 3.12. The molecule has 0 spiro atoms. The summed E-state index contributed by atoms with van der Waals surface area (Å²) in [5.41, 5.74) is 4.03. The number of hydrogen-bond donors (Lipinski definition) is 1. The molecule has 0 saturated carbocycles. The van der Waals surface area contributed by atoms with E-state index in [1.165, 1.54) is 10.4 Å². The van der Waals surface area contributed by atoms with E-state index in [1.54, 1.807) is 11.3 Å². The van der Waals surface area contributed by atoms with Crippen LogP contribution >= 0.6 is 11.3 Å². The summed E-state index contributed by atoms with van der Waals surface area (Å²) < 4.78 is 0. The fraction of sp³-hybridized carbons (Fsp3) is 0.263. The van der Waals surface area contributed by atoms with E-state index in [2.05, 4.69) is 28.3 Å². The summed E-state index contributed by atoms with van der Waals surface area (Å²) in [5.74, 6) is 0.668. The topological polar surface area (TPSA) is 49.0 Å². The van der Waals surface area contributed by atoms with E-state index in [1.807, 2.05) is 30.3 Å². The summed E-state index contributed by atoms with van der Waals surface area (Å²) in [4.78, 5) is 23.9. The van der Waals surface area contributed by atoms with Crippen LogP contribution in [0.1, 0.15) is 21.7 Å². The largest absolute Gasteiger partial charge is 0.306 e. The molecule has 122 valence electrons. The third kappa shape index (κ3) is 2.92. The van der Waals surface area contributed by atoms with Crippen molar-refractivity contribution in [3.63, 3.8) is 0 Å². The molecule has 1 aliphatic rings. The number of rotatable bonds is 3. The van der Waals surface area contributed by atoms with E-state index < -0.39 is 0 Å². The van der Waals surface area contributed by atoms with Crippen LogP contribution in [0.3, 0.4) is 0 Å². The minimum atomic E-state index is -0.00791. The van der Waals surface area contributed by atoms with Gasteiger partial charge in [-0.15, -0.1) is 11.3 Å². The number of aryl methyl sites for hydroxylation is 1. The Morgan fingerprint density at radius 2 is 2.08 bits per heavy atom. The van der Waals surface area contributed by atoms with Gasteiger partial charge in [0, 0.05) is 36.5 Å². The normalized spacial score (nSPS) is 14.5. The lowest BCUT2D eigenvalue weighted by molar-refractivity contribution is 0.243. The Bertz CT molecular complexity index is 914. The third-order valence-corrected chi connectivity index (χ3v) is 5.54. The number of nitrogens with one attached hydrogen (secondary N) is 1. The molecule has 1 aliphatic heterocycles. The molecule has 3 aromatic rings. The number of aromatic amines is 1. The van der Waals surface area contributed by atoms with E-state index >= 15 is 0 Å². The van der Waals surface area contributed by atoms with E-state index in [4.69, 9.17) is 4.98 Å². The quantitative estimate of drug-likeness (QED) is 0.797. The average molecular weight is 337 g/mol. The molecule has 0 fully saturated rings. The van der Waals surface area contributed by atoms with Crippen molar-refractivity contribution in [2.75, 3.05) is 6.54 Å². The zero-order valence-corrected chi connectivity index (χ0v) is 14.4. The Balaban J connectivity index is 1.61. The van der Waals surface area contributed by atoms with Crippen molar-refractivity contribution >= 4 is 11.3 Å². The van der Waals surface area contributed by atoms with Crippen molar-refractivity contribution in [1.29, 1.82) is 0 Å². The van der Waals surface area contributed by atoms with Gasteiger partial charge in [-0.25, -0.2) is 4.98 Å². The molecule has 0 amide bonds. The predicted octanol–water partition coefficient (Wildman–Crippen LogP) is 3.37. The summed E-state index contributed by atoms with van der Waals surface area (Å²) in [7, 11) is 0. The molecule has 4 rings (SSSR count). The smallest absolute Gasteiger partial charge is 0.255 e. The molecule has 24 heavy (non-hydrogen) atoms. The first-order valence-electron chi connectivity index (χ1n) is 8.13. The number of benzene rings is 1. The zero-order valence-electron chi connectivity index (χ0n) is 13.6. The van der Waals surface area contributed by atoms with Crippen molar-refractivity contribution in [3.8, 4) is 11.4 Å². The van der Waals surface area contributed by atoms with Gasteiger partial charge in [0.15, 0.2) is 0 Å². The Hall–Kier alpha value is -2.24. The van der Waals surface area contributed by atoms with Crippen LogP contribution in [0.4, 0.5) is 0 Å². The van der Waals surface area contributed by atoms with Gasteiger partial charge in [-0.1, -0.05) is 30.3 Å². The first-order valence-corrected chi connectivity index (χ1v) is 9.01. The molecule has 0 unspecified atom stereocenters.